The van der Waals surface area contributed by atoms with E-state index in [0.29, 0.717) is 166 Å². The van der Waals surface area contributed by atoms with Gasteiger partial charge < -0.3 is 50.0 Å². The number of anilines is 9. The third-order valence-electron chi connectivity index (χ3n) is 27.3. The van der Waals surface area contributed by atoms with Crippen LogP contribution in [0.25, 0.3) is 50.6 Å². The van der Waals surface area contributed by atoms with Gasteiger partial charge in [-0.05, 0) is 232 Å². The van der Waals surface area contributed by atoms with Gasteiger partial charge in [-0.25, -0.2) is 62.8 Å². The smallest absolute Gasteiger partial charge is 0.409 e. The van der Waals surface area contributed by atoms with Crippen LogP contribution in [0.4, 0.5) is 57.2 Å². The molecule has 3 fully saturated rings. The van der Waals surface area contributed by atoms with Crippen LogP contribution in [0.15, 0.2) is 160 Å². The number of nitrogens with zero attached hydrogens (tertiary/aromatic N) is 20. The Morgan fingerprint density at radius 2 is 0.786 bits per heavy atom. The molecule has 0 saturated heterocycles. The number of amides is 4. The molecule has 12 aliphatic rings. The van der Waals surface area contributed by atoms with Crippen LogP contribution in [0.1, 0.15) is 152 Å². The van der Waals surface area contributed by atoms with Crippen LogP contribution in [-0.4, -0.2) is 177 Å². The zero-order valence-electron chi connectivity index (χ0n) is 74.3. The number of likely N-dealkylation sites (N-methyl/N-ethyl adjacent to an activating group) is 1. The number of hydrogen-bond donors (Lipinski definition) is 4. The molecule has 9 aliphatic heterocycles. The van der Waals surface area contributed by atoms with E-state index in [0.717, 1.165) is 100 Å². The minimum atomic E-state index is -1.02. The molecule has 35 heteroatoms. The van der Waals surface area contributed by atoms with Crippen molar-refractivity contribution >= 4 is 109 Å². The van der Waals surface area contributed by atoms with E-state index in [4.69, 9.17) is 48.9 Å². The van der Waals surface area contributed by atoms with Crippen molar-refractivity contribution < 1.29 is 38.1 Å². The lowest BCUT2D eigenvalue weighted by Gasteiger charge is -2.38. The van der Waals surface area contributed by atoms with Crippen molar-refractivity contribution in [2.24, 2.45) is 0 Å². The molecule has 3 aromatic carbocycles. The van der Waals surface area contributed by atoms with Gasteiger partial charge in [0.05, 0.1) is 26.7 Å². The standard InChI is InChI=1S/C33H34N8O5.C32H34N8O3.C31H32N8O3/c1-32(2)29(43)39-14-6-4-5-7-15-40-28(42)22-17-34-30(37-26(22)41(40)25-11-10-24(46-32)27(39)36-25)35-21-8-9-23-20(16-21)18-38(31(44)45-3)19-33(23)12-13-33;1-31(2)29(42)38-14-6-4-5-7-15-39-28(41)22-17-33-30(36-26(22)40(39)25-11-10-24(43-31)27(38)35-25)34-21-8-9-23-20(16-21)18-37(3)19-32(23)12-13-32;1-30(2)28(41)37-13-5-3-4-6-14-38-27(40)21-17-33-29(36-25(21)39(38)24-10-9-23(42-30)26(37)35-24)34-20-7-8-22-19(15-20)16-32-18-31(22)11-12-31/h5,7-11,16-17H,4,6,12-15,18-19H2,1-3H3,(H,34,35,37);5,7-11,16-17H,4,6,12-15,18-19H2,1-3H3,(H,33,34,36);4,6-10,15,17,32H,3,5,11-14,16,18H2,1-2H3,(H,33,34,36). The van der Waals surface area contributed by atoms with Crippen LogP contribution in [0, 0.1) is 0 Å². The Labute approximate surface area is 751 Å². The Morgan fingerprint density at radius 3 is 1.16 bits per heavy atom. The highest BCUT2D eigenvalue weighted by molar-refractivity contribution is 6.03. The number of carbonyl (C=O) groups excluding carboxylic acids is 4. The lowest BCUT2D eigenvalue weighted by atomic mass is 9.87. The van der Waals surface area contributed by atoms with E-state index in [9.17, 15) is 33.6 Å². The molecule has 4 amide bonds. The summed E-state index contributed by atoms with van der Waals surface area (Å²) >= 11 is 0. The summed E-state index contributed by atoms with van der Waals surface area (Å²) in [6.45, 7) is 18.2. The van der Waals surface area contributed by atoms with E-state index in [1.54, 1.807) is 126 Å². The Morgan fingerprint density at radius 1 is 0.427 bits per heavy atom. The average Bonchev–Trinajstić information content (AvgIpc) is 1.72. The lowest BCUT2D eigenvalue weighted by molar-refractivity contribution is -0.133. The first kappa shape index (κ1) is 82.5. The van der Waals surface area contributed by atoms with E-state index in [-0.39, 0.29) is 45.9 Å². The molecular weight excluding hydrogens is 1670 g/mol. The van der Waals surface area contributed by atoms with Gasteiger partial charge in [0, 0.05) is 111 Å². The number of aromatic nitrogens is 15. The SMILES string of the molecule is CC1(C)Oc2ccc3nc2N(CCCC=CCn2c(=O)c4cnc(Nc5ccc6c(c5)CNCC65CC5)nc4n2-3)C1=O.CN1Cc2cc(Nc3ncc4c(=O)n5n(c4n3)-c3ccc4c(n3)N(CCCC=CC5)C(=O)C(C)(C)O4)ccc2C2(CC2)C1.COC(=O)N1Cc2cc(Nc3ncc4c(=O)n5n(c4n3)-c3ccc4c(n3)N(CCCC=CC5)C(=O)C(C)(C)O4)ccc2C2(CC2)C1. The molecule has 0 unspecified atom stereocenters. The van der Waals surface area contributed by atoms with Gasteiger partial charge in [-0.15, -0.1) is 0 Å². The van der Waals surface area contributed by atoms with Crippen LogP contribution in [0.3, 0.4) is 0 Å². The molecule has 4 N–H and O–H groups in total. The number of methoxy groups -OCH3 is 1. The Kier molecular flexibility index (Phi) is 19.5. The molecule has 3 saturated carbocycles. The molecule has 12 aromatic rings. The van der Waals surface area contributed by atoms with Crippen molar-refractivity contribution in [1.29, 1.82) is 0 Å². The van der Waals surface area contributed by atoms with E-state index in [1.165, 1.54) is 66.8 Å². The number of fused-ring (bicyclic) bond motifs is 21. The molecule has 3 aliphatic carbocycles. The molecule has 0 radical (unpaired) electrons. The molecule has 35 nitrogen and oxygen atoms in total. The zero-order chi connectivity index (χ0) is 89.9. The normalized spacial score (nSPS) is 19.7. The highest BCUT2D eigenvalue weighted by Gasteiger charge is 2.53. The highest BCUT2D eigenvalue weighted by Crippen LogP contribution is 2.55. The second-order valence-electron chi connectivity index (χ2n) is 37.8. The molecule has 9 aromatic heterocycles. The molecule has 0 atom stereocenters. The first-order valence-corrected chi connectivity index (χ1v) is 45.1. The number of rotatable bonds is 6. The van der Waals surface area contributed by atoms with E-state index in [2.05, 4.69) is 90.6 Å². The van der Waals surface area contributed by atoms with Crippen LogP contribution in [0.5, 0.6) is 17.2 Å². The summed E-state index contributed by atoms with van der Waals surface area (Å²) in [5.74, 6) is 4.89. The fourth-order valence-electron chi connectivity index (χ4n) is 20.3. The Bertz CT molecular complexity index is 7110. The molecule has 18 heterocycles. The fraction of sp³-hybridized carbons (Fsp3) is 0.396. The summed E-state index contributed by atoms with van der Waals surface area (Å²) in [7, 11) is 3.59. The largest absolute Gasteiger partial charge is 0.474 e. The lowest BCUT2D eigenvalue weighted by Crippen LogP contribution is -2.53. The third kappa shape index (κ3) is 14.4. The predicted octanol–water partition coefficient (Wildman–Crippen LogP) is 11.9. The average molecular weight is 1770 g/mol. The van der Waals surface area contributed by atoms with Gasteiger partial charge in [-0.1, -0.05) is 54.7 Å². The van der Waals surface area contributed by atoms with Crippen molar-refractivity contribution in [3.8, 4) is 34.7 Å². The molecule has 3 spiro atoms. The van der Waals surface area contributed by atoms with Gasteiger partial charge >= 0.3 is 6.09 Å². The number of hydrogen-bond acceptors (Lipinski definition) is 25. The van der Waals surface area contributed by atoms with Crippen LogP contribution in [-0.2, 0) is 74.6 Å². The highest BCUT2D eigenvalue weighted by atomic mass is 16.5. The quantitative estimate of drug-likeness (QED) is 0.112. The molecule has 131 heavy (non-hydrogen) atoms. The summed E-state index contributed by atoms with van der Waals surface area (Å²) in [4.78, 5) is 145. The minimum absolute atomic E-state index is 0.00746. The molecular formula is C96H100N24O11. The second-order valence-corrected chi connectivity index (χ2v) is 37.8. The van der Waals surface area contributed by atoms with Gasteiger partial charge in [-0.2, -0.15) is 15.0 Å². The van der Waals surface area contributed by atoms with Gasteiger partial charge in [-0.3, -0.25) is 43.5 Å². The van der Waals surface area contributed by atoms with Gasteiger partial charge in [0.1, 0.15) is 16.2 Å². The number of allylic oxidation sites excluding steroid dienone is 6. The number of ether oxygens (including phenoxy) is 4. The van der Waals surface area contributed by atoms with Crippen molar-refractivity contribution in [1.82, 2.24) is 88.1 Å². The van der Waals surface area contributed by atoms with Crippen molar-refractivity contribution in [3.63, 3.8) is 0 Å². The summed E-state index contributed by atoms with van der Waals surface area (Å²) in [5.41, 5.74) is 8.58. The summed E-state index contributed by atoms with van der Waals surface area (Å²) in [6, 6.07) is 29.9. The van der Waals surface area contributed by atoms with Crippen LogP contribution >= 0.6 is 0 Å². The Hall–Kier alpha value is -14.2. The maximum Gasteiger partial charge on any atom is 0.409 e. The summed E-state index contributed by atoms with van der Waals surface area (Å²) in [5, 5.41) is 14.7. The van der Waals surface area contributed by atoms with Crippen molar-refractivity contribution in [2.45, 2.75) is 191 Å². The molecule has 6 bridgehead atoms. The van der Waals surface area contributed by atoms with Crippen LogP contribution < -0.4 is 66.9 Å². The number of nitrogens with one attached hydrogen (secondary N) is 4. The predicted molar refractivity (Wildman–Crippen MR) is 492 cm³/mol. The van der Waals surface area contributed by atoms with Gasteiger partial charge in [0.2, 0.25) is 17.8 Å². The first-order valence-electron chi connectivity index (χ1n) is 45.1. The van der Waals surface area contributed by atoms with Crippen molar-refractivity contribution in [3.05, 3.63) is 210 Å². The van der Waals surface area contributed by atoms with E-state index in [1.807, 2.05) is 60.7 Å². The third-order valence-corrected chi connectivity index (χ3v) is 27.3. The maximum absolute atomic E-state index is 13.7. The fourth-order valence-corrected chi connectivity index (χ4v) is 20.3. The van der Waals surface area contributed by atoms with E-state index < -0.39 is 16.8 Å². The first-order chi connectivity index (χ1) is 63.2. The van der Waals surface area contributed by atoms with Gasteiger partial charge in [0.15, 0.2) is 85.9 Å². The summed E-state index contributed by atoms with van der Waals surface area (Å²) in [6.07, 6.45) is 27.9. The topological polar surface area (TPSA) is 366 Å². The van der Waals surface area contributed by atoms with Crippen molar-refractivity contribution in [2.75, 3.05) is 84.1 Å². The monoisotopic (exact) mass is 1760 g/mol. The number of benzene rings is 3. The Balaban J connectivity index is 0.000000115. The van der Waals surface area contributed by atoms with Gasteiger partial charge in [0.25, 0.3) is 34.4 Å². The zero-order valence-corrected chi connectivity index (χ0v) is 74.3. The van der Waals surface area contributed by atoms with Crippen LogP contribution in [0.2, 0.25) is 0 Å². The summed E-state index contributed by atoms with van der Waals surface area (Å²) < 4.78 is 33.1. The molecule has 24 rings (SSSR count). The maximum atomic E-state index is 13.7. The van der Waals surface area contributed by atoms with E-state index >= 15 is 0 Å². The minimum Gasteiger partial charge on any atom is -0.474 e. The second kappa shape index (κ2) is 31.0. The number of carbonyl (C=O) groups is 4. The number of pyridine rings is 3. The molecule has 670 valence electrons.